The summed E-state index contributed by atoms with van der Waals surface area (Å²) in [5, 5.41) is 7.04. The van der Waals surface area contributed by atoms with Crippen molar-refractivity contribution in [1.82, 2.24) is 20.4 Å². The second-order valence-corrected chi connectivity index (χ2v) is 3.67. The molecular weight excluding hydrogens is 180 g/mol. The van der Waals surface area contributed by atoms with Crippen LogP contribution >= 0.6 is 0 Å². The molecule has 1 unspecified atom stereocenters. The first kappa shape index (κ1) is 9.61. The number of nitrogens with one attached hydrogen (secondary N) is 1. The van der Waals surface area contributed by atoms with Crippen LogP contribution in [-0.2, 0) is 6.54 Å². The summed E-state index contributed by atoms with van der Waals surface area (Å²) in [6.45, 7) is 2.99. The summed E-state index contributed by atoms with van der Waals surface area (Å²) in [5.41, 5.74) is 0. The molecule has 1 fully saturated rings. The van der Waals surface area contributed by atoms with Crippen molar-refractivity contribution in [2.45, 2.75) is 25.4 Å². The van der Waals surface area contributed by atoms with Gasteiger partial charge < -0.3 is 9.84 Å². The van der Waals surface area contributed by atoms with Gasteiger partial charge in [0.2, 0.25) is 6.39 Å². The molecule has 1 N–H and O–H groups in total. The van der Waals surface area contributed by atoms with Crippen LogP contribution in [0.25, 0.3) is 0 Å². The summed E-state index contributed by atoms with van der Waals surface area (Å²) in [4.78, 5) is 6.44. The summed E-state index contributed by atoms with van der Waals surface area (Å²) in [6.07, 6.45) is 3.92. The van der Waals surface area contributed by atoms with Crippen LogP contribution in [0.3, 0.4) is 0 Å². The van der Waals surface area contributed by atoms with Gasteiger partial charge >= 0.3 is 0 Å². The second-order valence-electron chi connectivity index (χ2n) is 3.67. The topological polar surface area (TPSA) is 54.2 Å². The maximum Gasteiger partial charge on any atom is 0.213 e. The lowest BCUT2D eigenvalue weighted by atomic mass is 10.2. The Morgan fingerprint density at radius 1 is 1.71 bits per heavy atom. The quantitative estimate of drug-likeness (QED) is 0.748. The third-order valence-electron chi connectivity index (χ3n) is 2.69. The van der Waals surface area contributed by atoms with Crippen molar-refractivity contribution in [2.75, 3.05) is 20.1 Å². The zero-order valence-corrected chi connectivity index (χ0v) is 8.44. The number of aromatic nitrogens is 2. The van der Waals surface area contributed by atoms with E-state index in [1.165, 1.54) is 19.2 Å². The van der Waals surface area contributed by atoms with Crippen LogP contribution in [-0.4, -0.2) is 41.2 Å². The largest absolute Gasteiger partial charge is 0.343 e. The van der Waals surface area contributed by atoms with E-state index in [1.54, 1.807) is 0 Å². The van der Waals surface area contributed by atoms with E-state index in [-0.39, 0.29) is 0 Å². The van der Waals surface area contributed by atoms with E-state index < -0.39 is 0 Å². The molecule has 0 aliphatic carbocycles. The molecule has 0 bridgehead atoms. The van der Waals surface area contributed by atoms with Crippen LogP contribution in [0.15, 0.2) is 10.9 Å². The maximum absolute atomic E-state index is 4.72. The van der Waals surface area contributed by atoms with Crippen LogP contribution in [0.2, 0.25) is 0 Å². The Morgan fingerprint density at radius 3 is 3.36 bits per heavy atom. The van der Waals surface area contributed by atoms with E-state index in [9.17, 15) is 0 Å². The van der Waals surface area contributed by atoms with Gasteiger partial charge in [-0.3, -0.25) is 4.90 Å². The van der Waals surface area contributed by atoms with Gasteiger partial charge in [-0.2, -0.15) is 4.98 Å². The van der Waals surface area contributed by atoms with Gasteiger partial charge in [0, 0.05) is 12.6 Å². The smallest absolute Gasteiger partial charge is 0.213 e. The molecule has 2 heterocycles. The lowest BCUT2D eigenvalue weighted by Gasteiger charge is -2.22. The molecule has 0 radical (unpaired) electrons. The van der Waals surface area contributed by atoms with Gasteiger partial charge in [0.05, 0.1) is 6.54 Å². The van der Waals surface area contributed by atoms with Crippen molar-refractivity contribution in [2.24, 2.45) is 0 Å². The van der Waals surface area contributed by atoms with Crippen molar-refractivity contribution in [3.05, 3.63) is 12.2 Å². The van der Waals surface area contributed by atoms with Crippen molar-refractivity contribution < 1.29 is 4.52 Å². The molecule has 1 aromatic heterocycles. The van der Waals surface area contributed by atoms with Gasteiger partial charge in [0.25, 0.3) is 0 Å². The maximum atomic E-state index is 4.72. The lowest BCUT2D eigenvalue weighted by Crippen LogP contribution is -2.36. The van der Waals surface area contributed by atoms with Gasteiger partial charge in [-0.05, 0) is 26.4 Å². The molecule has 1 aromatic rings. The average Bonchev–Trinajstić information content (AvgIpc) is 2.80. The third kappa shape index (κ3) is 2.10. The Balaban J connectivity index is 1.90. The van der Waals surface area contributed by atoms with Gasteiger partial charge in [-0.15, -0.1) is 0 Å². The molecular formula is C9H16N4O. The Hall–Kier alpha value is -0.940. The molecule has 1 aliphatic heterocycles. The van der Waals surface area contributed by atoms with Crippen LogP contribution in [0.4, 0.5) is 0 Å². The molecule has 1 saturated heterocycles. The summed E-state index contributed by atoms with van der Waals surface area (Å²) < 4.78 is 4.72. The minimum absolute atomic E-state index is 0.624. The monoisotopic (exact) mass is 196 g/mol. The predicted molar refractivity (Wildman–Crippen MR) is 51.7 cm³/mol. The number of hydrogen-bond donors (Lipinski definition) is 1. The molecule has 0 amide bonds. The zero-order valence-electron chi connectivity index (χ0n) is 8.44. The second kappa shape index (κ2) is 4.52. The van der Waals surface area contributed by atoms with E-state index in [4.69, 9.17) is 4.52 Å². The molecule has 0 aromatic carbocycles. The van der Waals surface area contributed by atoms with Gasteiger partial charge in [0.1, 0.15) is 0 Å². The fraction of sp³-hybridized carbons (Fsp3) is 0.778. The highest BCUT2D eigenvalue weighted by Gasteiger charge is 2.24. The molecule has 2 rings (SSSR count). The number of nitrogens with zero attached hydrogens (tertiary/aromatic N) is 3. The van der Waals surface area contributed by atoms with Crippen molar-refractivity contribution in [3.8, 4) is 0 Å². The Morgan fingerprint density at radius 2 is 2.64 bits per heavy atom. The van der Waals surface area contributed by atoms with Crippen molar-refractivity contribution in [3.63, 3.8) is 0 Å². The van der Waals surface area contributed by atoms with E-state index in [1.807, 2.05) is 7.05 Å². The summed E-state index contributed by atoms with van der Waals surface area (Å²) >= 11 is 0. The Kier molecular flexibility index (Phi) is 3.10. The molecule has 0 saturated carbocycles. The first-order valence-corrected chi connectivity index (χ1v) is 5.04. The number of rotatable bonds is 4. The zero-order chi connectivity index (χ0) is 9.80. The third-order valence-corrected chi connectivity index (χ3v) is 2.69. The van der Waals surface area contributed by atoms with Crippen molar-refractivity contribution in [1.29, 1.82) is 0 Å². The first-order valence-electron chi connectivity index (χ1n) is 5.04. The molecule has 5 nitrogen and oxygen atoms in total. The van der Waals surface area contributed by atoms with Crippen LogP contribution in [0.5, 0.6) is 0 Å². The average molecular weight is 196 g/mol. The molecule has 1 aliphatic rings. The normalized spacial score (nSPS) is 23.1. The van der Waals surface area contributed by atoms with E-state index in [0.717, 1.165) is 25.5 Å². The van der Waals surface area contributed by atoms with Gasteiger partial charge in [0.15, 0.2) is 5.82 Å². The number of likely N-dealkylation sites (N-methyl/N-ethyl adjacent to an activating group) is 1. The van der Waals surface area contributed by atoms with Crippen LogP contribution in [0.1, 0.15) is 18.7 Å². The highest BCUT2D eigenvalue weighted by atomic mass is 16.5. The van der Waals surface area contributed by atoms with Gasteiger partial charge in [-0.1, -0.05) is 5.16 Å². The van der Waals surface area contributed by atoms with Crippen LogP contribution in [0, 0.1) is 0 Å². The fourth-order valence-electron chi connectivity index (χ4n) is 2.01. The lowest BCUT2D eigenvalue weighted by molar-refractivity contribution is 0.233. The standard InChI is InChI=1S/C9H16N4O/c1-10-5-8-3-2-4-13(8)6-9-11-7-14-12-9/h7-8,10H,2-6H2,1H3. The number of hydrogen-bond acceptors (Lipinski definition) is 5. The summed E-state index contributed by atoms with van der Waals surface area (Å²) in [5.74, 6) is 0.785. The summed E-state index contributed by atoms with van der Waals surface area (Å²) in [6, 6.07) is 0.624. The first-order chi connectivity index (χ1) is 6.90. The van der Waals surface area contributed by atoms with Crippen molar-refractivity contribution >= 4 is 0 Å². The summed E-state index contributed by atoms with van der Waals surface area (Å²) in [7, 11) is 1.99. The molecule has 78 valence electrons. The highest BCUT2D eigenvalue weighted by Crippen LogP contribution is 2.17. The Bertz CT molecular complexity index is 262. The van der Waals surface area contributed by atoms with Crippen LogP contribution < -0.4 is 5.32 Å². The van der Waals surface area contributed by atoms with E-state index in [0.29, 0.717) is 6.04 Å². The molecule has 1 atom stereocenters. The number of likely N-dealkylation sites (tertiary alicyclic amines) is 1. The SMILES string of the molecule is CNCC1CCCN1Cc1ncon1. The predicted octanol–water partition coefficient (Wildman–Crippen LogP) is 0.253. The minimum Gasteiger partial charge on any atom is -0.343 e. The Labute approximate surface area is 83.5 Å². The van der Waals surface area contributed by atoms with Gasteiger partial charge in [-0.25, -0.2) is 0 Å². The molecule has 0 spiro atoms. The van der Waals surface area contributed by atoms with E-state index in [2.05, 4.69) is 20.4 Å². The molecule has 5 heteroatoms. The van der Waals surface area contributed by atoms with E-state index >= 15 is 0 Å². The minimum atomic E-state index is 0.624. The molecule has 14 heavy (non-hydrogen) atoms. The fourth-order valence-corrected chi connectivity index (χ4v) is 2.01. The highest BCUT2D eigenvalue weighted by molar-refractivity contribution is 4.86.